The van der Waals surface area contributed by atoms with Crippen LogP contribution in [0, 0.1) is 5.82 Å². The van der Waals surface area contributed by atoms with Gasteiger partial charge in [0.15, 0.2) is 0 Å². The van der Waals surface area contributed by atoms with Gasteiger partial charge in [-0.2, -0.15) is 0 Å². The maximum Gasteiger partial charge on any atom is 0.244 e. The van der Waals surface area contributed by atoms with Crippen LogP contribution in [-0.2, 0) is 4.79 Å². The van der Waals surface area contributed by atoms with Crippen molar-refractivity contribution >= 4 is 38.6 Å². The van der Waals surface area contributed by atoms with E-state index in [4.69, 9.17) is 5.73 Å². The van der Waals surface area contributed by atoms with Crippen LogP contribution in [0.4, 0.5) is 10.2 Å². The molecular formula is C16H12BrFN4O. The topological polar surface area (TPSA) is 80.9 Å². The minimum Gasteiger partial charge on any atom is -0.368 e. The van der Waals surface area contributed by atoms with Crippen LogP contribution in [0.3, 0.4) is 0 Å². The molecule has 0 aliphatic heterocycles. The van der Waals surface area contributed by atoms with E-state index in [1.165, 1.54) is 30.6 Å². The number of hydrogen-bond acceptors (Lipinski definition) is 4. The molecule has 1 amide bonds. The molecule has 0 radical (unpaired) electrons. The number of benzene rings is 2. The fraction of sp³-hybridized carbons (Fsp3) is 0.0625. The number of amides is 1. The lowest BCUT2D eigenvalue weighted by atomic mass is 10.1. The summed E-state index contributed by atoms with van der Waals surface area (Å²) in [6, 6.07) is 10.3. The minimum atomic E-state index is -0.826. The molecule has 0 saturated heterocycles. The minimum absolute atomic E-state index is 0.381. The summed E-state index contributed by atoms with van der Waals surface area (Å²) in [7, 11) is 0. The van der Waals surface area contributed by atoms with Gasteiger partial charge in [0.1, 0.15) is 24.0 Å². The molecule has 23 heavy (non-hydrogen) atoms. The first-order chi connectivity index (χ1) is 11.0. The van der Waals surface area contributed by atoms with Gasteiger partial charge in [-0.15, -0.1) is 0 Å². The Balaban J connectivity index is 2.02. The smallest absolute Gasteiger partial charge is 0.244 e. The van der Waals surface area contributed by atoms with E-state index in [-0.39, 0.29) is 5.82 Å². The number of carbonyl (C=O) groups is 1. The summed E-state index contributed by atoms with van der Waals surface area (Å²) in [5.41, 5.74) is 6.77. The summed E-state index contributed by atoms with van der Waals surface area (Å²) < 4.78 is 13.9. The van der Waals surface area contributed by atoms with Crippen LogP contribution < -0.4 is 11.1 Å². The van der Waals surface area contributed by atoms with Gasteiger partial charge in [0.05, 0.1) is 5.52 Å². The average molecular weight is 375 g/mol. The highest BCUT2D eigenvalue weighted by atomic mass is 79.9. The molecule has 3 N–H and O–H groups in total. The molecule has 0 bridgehead atoms. The van der Waals surface area contributed by atoms with Gasteiger partial charge < -0.3 is 11.1 Å². The van der Waals surface area contributed by atoms with Gasteiger partial charge in [-0.3, -0.25) is 4.79 Å². The zero-order valence-electron chi connectivity index (χ0n) is 11.8. The molecule has 0 saturated carbocycles. The van der Waals surface area contributed by atoms with Crippen LogP contribution in [-0.4, -0.2) is 15.9 Å². The Labute approximate surface area is 139 Å². The predicted octanol–water partition coefficient (Wildman–Crippen LogP) is 3.17. The quantitative estimate of drug-likeness (QED) is 0.734. The number of primary amides is 1. The van der Waals surface area contributed by atoms with Crippen molar-refractivity contribution in [1.29, 1.82) is 0 Å². The maximum atomic E-state index is 13.1. The van der Waals surface area contributed by atoms with E-state index in [1.54, 1.807) is 0 Å². The lowest BCUT2D eigenvalue weighted by molar-refractivity contribution is -0.118. The van der Waals surface area contributed by atoms with Crippen LogP contribution in [0.15, 0.2) is 53.3 Å². The third kappa shape index (κ3) is 3.29. The largest absolute Gasteiger partial charge is 0.368 e. The zero-order valence-corrected chi connectivity index (χ0v) is 13.4. The summed E-state index contributed by atoms with van der Waals surface area (Å²) in [5, 5.41) is 3.76. The Bertz CT molecular complexity index is 870. The fourth-order valence-electron chi connectivity index (χ4n) is 2.25. The van der Waals surface area contributed by atoms with Crippen LogP contribution >= 0.6 is 15.9 Å². The highest BCUT2D eigenvalue weighted by Gasteiger charge is 2.19. The highest BCUT2D eigenvalue weighted by molar-refractivity contribution is 9.10. The lowest BCUT2D eigenvalue weighted by Crippen LogP contribution is -2.28. The molecule has 1 heterocycles. The molecule has 7 heteroatoms. The second-order valence-corrected chi connectivity index (χ2v) is 5.83. The Morgan fingerprint density at radius 2 is 1.91 bits per heavy atom. The molecule has 0 spiro atoms. The van der Waals surface area contributed by atoms with Crippen LogP contribution in [0.2, 0.25) is 0 Å². The Morgan fingerprint density at radius 3 is 2.61 bits per heavy atom. The number of carbonyl (C=O) groups excluding carboxylic acids is 1. The normalized spacial score (nSPS) is 12.1. The molecule has 116 valence electrons. The number of anilines is 1. The van der Waals surface area contributed by atoms with Crippen molar-refractivity contribution in [3.63, 3.8) is 0 Å². The van der Waals surface area contributed by atoms with Crippen molar-refractivity contribution < 1.29 is 9.18 Å². The fourth-order valence-corrected chi connectivity index (χ4v) is 2.62. The van der Waals surface area contributed by atoms with E-state index < -0.39 is 11.9 Å². The molecule has 1 unspecified atom stereocenters. The highest BCUT2D eigenvalue weighted by Crippen LogP contribution is 2.26. The number of aromatic nitrogens is 2. The van der Waals surface area contributed by atoms with Gasteiger partial charge in [-0.25, -0.2) is 14.4 Å². The van der Waals surface area contributed by atoms with Gasteiger partial charge in [0, 0.05) is 9.86 Å². The monoisotopic (exact) mass is 374 g/mol. The molecule has 2 aromatic carbocycles. The van der Waals surface area contributed by atoms with Gasteiger partial charge in [-0.1, -0.05) is 28.1 Å². The molecule has 0 aliphatic carbocycles. The van der Waals surface area contributed by atoms with Crippen LogP contribution in [0.5, 0.6) is 0 Å². The standard InChI is InChI=1S/C16H12BrFN4O/c17-10-3-6-13-12(7-10)16(21-8-20-13)22-14(15(19)23)9-1-4-11(18)5-2-9/h1-8,14H,(H2,19,23)(H,20,21,22). The number of rotatable bonds is 4. The van der Waals surface area contributed by atoms with Crippen LogP contribution in [0.1, 0.15) is 11.6 Å². The van der Waals surface area contributed by atoms with E-state index in [0.717, 1.165) is 15.4 Å². The average Bonchev–Trinajstić information content (AvgIpc) is 2.53. The summed E-state index contributed by atoms with van der Waals surface area (Å²) in [5.74, 6) is -0.490. The molecule has 5 nitrogen and oxygen atoms in total. The summed E-state index contributed by atoms with van der Waals surface area (Å²) in [4.78, 5) is 20.2. The van der Waals surface area contributed by atoms with Crippen molar-refractivity contribution in [2.75, 3.05) is 5.32 Å². The first-order valence-electron chi connectivity index (χ1n) is 6.76. The van der Waals surface area contributed by atoms with Crippen LogP contribution in [0.25, 0.3) is 10.9 Å². The lowest BCUT2D eigenvalue weighted by Gasteiger charge is -2.17. The van der Waals surface area contributed by atoms with E-state index in [1.807, 2.05) is 18.2 Å². The van der Waals surface area contributed by atoms with Crippen molar-refractivity contribution in [1.82, 2.24) is 9.97 Å². The van der Waals surface area contributed by atoms with Crippen molar-refractivity contribution in [2.45, 2.75) is 6.04 Å². The molecule has 3 aromatic rings. The third-order valence-corrected chi connectivity index (χ3v) is 3.86. The maximum absolute atomic E-state index is 13.1. The van der Waals surface area contributed by atoms with Crippen molar-refractivity contribution in [3.8, 4) is 0 Å². The van der Waals surface area contributed by atoms with E-state index in [9.17, 15) is 9.18 Å². The van der Waals surface area contributed by atoms with E-state index >= 15 is 0 Å². The molecule has 3 rings (SSSR count). The molecule has 1 aromatic heterocycles. The van der Waals surface area contributed by atoms with E-state index in [2.05, 4.69) is 31.2 Å². The summed E-state index contributed by atoms with van der Waals surface area (Å²) in [6.07, 6.45) is 1.40. The third-order valence-electron chi connectivity index (χ3n) is 3.37. The second-order valence-electron chi connectivity index (χ2n) is 4.92. The number of hydrogen-bond donors (Lipinski definition) is 2. The van der Waals surface area contributed by atoms with E-state index in [0.29, 0.717) is 11.4 Å². The number of nitrogens with two attached hydrogens (primary N) is 1. The van der Waals surface area contributed by atoms with Gasteiger partial charge >= 0.3 is 0 Å². The number of fused-ring (bicyclic) bond motifs is 1. The first-order valence-corrected chi connectivity index (χ1v) is 7.55. The molecular weight excluding hydrogens is 363 g/mol. The van der Waals surface area contributed by atoms with Crippen molar-refractivity contribution in [3.05, 3.63) is 64.6 Å². The predicted molar refractivity (Wildman–Crippen MR) is 89.2 cm³/mol. The number of nitrogens with one attached hydrogen (secondary N) is 1. The zero-order chi connectivity index (χ0) is 16.4. The molecule has 0 fully saturated rings. The second kappa shape index (κ2) is 6.29. The van der Waals surface area contributed by atoms with Gasteiger partial charge in [-0.05, 0) is 35.9 Å². The van der Waals surface area contributed by atoms with Gasteiger partial charge in [0.25, 0.3) is 0 Å². The van der Waals surface area contributed by atoms with Gasteiger partial charge in [0.2, 0.25) is 5.91 Å². The SMILES string of the molecule is NC(=O)C(Nc1ncnc2ccc(Br)cc12)c1ccc(F)cc1. The Morgan fingerprint density at radius 1 is 1.17 bits per heavy atom. The number of halogens is 2. The summed E-state index contributed by atoms with van der Waals surface area (Å²) in [6.45, 7) is 0. The summed E-state index contributed by atoms with van der Waals surface area (Å²) >= 11 is 3.40. The Hall–Kier alpha value is -2.54. The molecule has 1 atom stereocenters. The first kappa shape index (κ1) is 15.4. The Kier molecular flexibility index (Phi) is 4.20. The van der Waals surface area contributed by atoms with Crippen molar-refractivity contribution in [2.24, 2.45) is 5.73 Å². The molecule has 0 aliphatic rings. The number of nitrogens with zero attached hydrogens (tertiary/aromatic N) is 2.